The molecule has 0 atom stereocenters. The molecule has 0 aliphatic carbocycles. The molecular weight excluding hydrogens is 472 g/mol. The van der Waals surface area contributed by atoms with E-state index < -0.39 is 5.97 Å². The minimum atomic E-state index is -0.948. The highest BCUT2D eigenvalue weighted by Crippen LogP contribution is 2.35. The van der Waals surface area contributed by atoms with Crippen molar-refractivity contribution >= 4 is 5.97 Å². The molecule has 0 heterocycles. The van der Waals surface area contributed by atoms with Crippen LogP contribution in [0, 0.1) is 0 Å². The van der Waals surface area contributed by atoms with Crippen molar-refractivity contribution < 1.29 is 19.4 Å². The number of rotatable bonds is 10. The Morgan fingerprint density at radius 2 is 0.974 bits per heavy atom. The molecule has 1 N–H and O–H groups in total. The van der Waals surface area contributed by atoms with Gasteiger partial charge in [-0.05, 0) is 58.1 Å². The normalized spacial score (nSPS) is 10.8. The second-order valence-electron chi connectivity index (χ2n) is 9.01. The zero-order chi connectivity index (χ0) is 26.2. The molecule has 5 rings (SSSR count). The number of carboxylic acids is 1. The van der Waals surface area contributed by atoms with Gasteiger partial charge in [0.1, 0.15) is 24.7 Å². The Balaban J connectivity index is 1.41. The van der Waals surface area contributed by atoms with E-state index in [-0.39, 0.29) is 11.5 Å². The number of ether oxygens (including phenoxy) is 2. The lowest BCUT2D eigenvalue weighted by molar-refractivity contribution is 0.0695. The van der Waals surface area contributed by atoms with Crippen LogP contribution in [0.15, 0.2) is 133 Å². The average Bonchev–Trinajstić information content (AvgIpc) is 2.98. The van der Waals surface area contributed by atoms with Gasteiger partial charge in [0.05, 0.1) is 5.56 Å². The van der Waals surface area contributed by atoms with Gasteiger partial charge in [0.15, 0.2) is 0 Å². The van der Waals surface area contributed by atoms with Crippen LogP contribution >= 0.6 is 0 Å². The molecule has 0 saturated carbocycles. The van der Waals surface area contributed by atoms with E-state index in [1.54, 1.807) is 12.1 Å². The average molecular weight is 501 g/mol. The lowest BCUT2D eigenvalue weighted by Gasteiger charge is -2.21. The van der Waals surface area contributed by atoms with Gasteiger partial charge in [0, 0.05) is 5.92 Å². The third-order valence-corrected chi connectivity index (χ3v) is 6.43. The number of hydrogen-bond acceptors (Lipinski definition) is 3. The van der Waals surface area contributed by atoms with E-state index in [0.717, 1.165) is 39.3 Å². The number of carboxylic acid groups (broad SMARTS) is 1. The number of aromatic carboxylic acids is 1. The van der Waals surface area contributed by atoms with Gasteiger partial charge in [-0.3, -0.25) is 0 Å². The molecule has 4 heteroatoms. The molecule has 0 aliphatic heterocycles. The third kappa shape index (κ3) is 6.11. The van der Waals surface area contributed by atoms with E-state index in [2.05, 4.69) is 0 Å². The van der Waals surface area contributed by atoms with Crippen LogP contribution in [0.4, 0.5) is 0 Å². The summed E-state index contributed by atoms with van der Waals surface area (Å²) in [4.78, 5) is 12.1. The maximum absolute atomic E-state index is 12.1. The molecule has 4 nitrogen and oxygen atoms in total. The van der Waals surface area contributed by atoms with Crippen LogP contribution < -0.4 is 9.47 Å². The molecule has 0 fully saturated rings. The van der Waals surface area contributed by atoms with E-state index in [0.29, 0.717) is 13.2 Å². The zero-order valence-electron chi connectivity index (χ0n) is 20.9. The van der Waals surface area contributed by atoms with Gasteiger partial charge in [-0.2, -0.15) is 0 Å². The van der Waals surface area contributed by atoms with Crippen LogP contribution in [0.2, 0.25) is 0 Å². The SMILES string of the molecule is O=C(O)c1ccccc1C(c1ccc(OCc2ccccc2)cc1)c1ccc(OCc2ccccc2)cc1. The van der Waals surface area contributed by atoms with E-state index in [9.17, 15) is 9.90 Å². The van der Waals surface area contributed by atoms with Gasteiger partial charge >= 0.3 is 5.97 Å². The molecule has 0 unspecified atom stereocenters. The molecule has 0 aliphatic rings. The van der Waals surface area contributed by atoms with Crippen molar-refractivity contribution in [2.75, 3.05) is 0 Å². The Morgan fingerprint density at radius 3 is 1.42 bits per heavy atom. The maximum Gasteiger partial charge on any atom is 0.335 e. The second kappa shape index (κ2) is 11.9. The molecule has 188 valence electrons. The smallest absolute Gasteiger partial charge is 0.335 e. The Labute approximate surface area is 222 Å². The number of benzene rings is 5. The molecule has 0 aromatic heterocycles. The highest BCUT2D eigenvalue weighted by atomic mass is 16.5. The van der Waals surface area contributed by atoms with Crippen molar-refractivity contribution in [3.05, 3.63) is 167 Å². The fourth-order valence-corrected chi connectivity index (χ4v) is 4.49. The summed E-state index contributed by atoms with van der Waals surface area (Å²) in [6.07, 6.45) is 0. The first-order valence-electron chi connectivity index (χ1n) is 12.5. The van der Waals surface area contributed by atoms with Crippen molar-refractivity contribution in [2.24, 2.45) is 0 Å². The molecule has 0 saturated heterocycles. The van der Waals surface area contributed by atoms with E-state index >= 15 is 0 Å². The number of carbonyl (C=O) groups is 1. The lowest BCUT2D eigenvalue weighted by Crippen LogP contribution is -2.10. The summed E-state index contributed by atoms with van der Waals surface area (Å²) in [5, 5.41) is 9.91. The molecular formula is C34H28O4. The van der Waals surface area contributed by atoms with Crippen LogP contribution in [0.3, 0.4) is 0 Å². The first-order valence-corrected chi connectivity index (χ1v) is 12.5. The summed E-state index contributed by atoms with van der Waals surface area (Å²) in [5.74, 6) is 0.296. The van der Waals surface area contributed by atoms with E-state index in [4.69, 9.17) is 9.47 Å². The quantitative estimate of drug-likeness (QED) is 0.199. The van der Waals surface area contributed by atoms with Gasteiger partial charge in [-0.25, -0.2) is 4.79 Å². The predicted octanol–water partition coefficient (Wildman–Crippen LogP) is 7.72. The highest BCUT2D eigenvalue weighted by molar-refractivity contribution is 5.90. The largest absolute Gasteiger partial charge is 0.489 e. The van der Waals surface area contributed by atoms with E-state index in [1.807, 2.05) is 121 Å². The monoisotopic (exact) mass is 500 g/mol. The topological polar surface area (TPSA) is 55.8 Å². The van der Waals surface area contributed by atoms with Crippen molar-refractivity contribution in [1.29, 1.82) is 0 Å². The molecule has 0 amide bonds. The van der Waals surface area contributed by atoms with E-state index in [1.165, 1.54) is 0 Å². The summed E-state index contributed by atoms with van der Waals surface area (Å²) >= 11 is 0. The predicted molar refractivity (Wildman–Crippen MR) is 149 cm³/mol. The van der Waals surface area contributed by atoms with Gasteiger partial charge in [-0.15, -0.1) is 0 Å². The summed E-state index contributed by atoms with van der Waals surface area (Å²) in [6, 6.07) is 43.0. The second-order valence-corrected chi connectivity index (χ2v) is 9.01. The molecule has 5 aromatic carbocycles. The summed E-state index contributed by atoms with van der Waals surface area (Å²) in [5.41, 5.74) is 5.16. The fourth-order valence-electron chi connectivity index (χ4n) is 4.49. The molecule has 5 aromatic rings. The minimum absolute atomic E-state index is 0.270. The Kier molecular flexibility index (Phi) is 7.80. The Bertz CT molecular complexity index is 1370. The summed E-state index contributed by atoms with van der Waals surface area (Å²) in [7, 11) is 0. The van der Waals surface area contributed by atoms with Crippen LogP contribution in [0.5, 0.6) is 11.5 Å². The van der Waals surface area contributed by atoms with Crippen molar-refractivity contribution in [1.82, 2.24) is 0 Å². The lowest BCUT2D eigenvalue weighted by atomic mass is 9.83. The van der Waals surface area contributed by atoms with Crippen LogP contribution in [-0.4, -0.2) is 11.1 Å². The summed E-state index contributed by atoms with van der Waals surface area (Å²) in [6.45, 7) is 0.964. The molecule has 0 bridgehead atoms. The summed E-state index contributed by atoms with van der Waals surface area (Å²) < 4.78 is 11.9. The van der Waals surface area contributed by atoms with Gasteiger partial charge in [-0.1, -0.05) is 103 Å². The van der Waals surface area contributed by atoms with Gasteiger partial charge in [0.2, 0.25) is 0 Å². The van der Waals surface area contributed by atoms with Gasteiger partial charge in [0.25, 0.3) is 0 Å². The van der Waals surface area contributed by atoms with Crippen molar-refractivity contribution in [3.8, 4) is 11.5 Å². The first kappa shape index (κ1) is 24.8. The van der Waals surface area contributed by atoms with Crippen LogP contribution in [0.25, 0.3) is 0 Å². The minimum Gasteiger partial charge on any atom is -0.489 e. The fraction of sp³-hybridized carbons (Fsp3) is 0.0882. The standard InChI is InChI=1S/C34H28O4/c35-34(36)32-14-8-7-13-31(32)33(27-15-19-29(20-16-27)37-23-25-9-3-1-4-10-25)28-17-21-30(22-18-28)38-24-26-11-5-2-6-12-26/h1-22,33H,23-24H2,(H,35,36). The zero-order valence-corrected chi connectivity index (χ0v) is 20.9. The van der Waals surface area contributed by atoms with Crippen molar-refractivity contribution in [3.63, 3.8) is 0 Å². The molecule has 0 radical (unpaired) electrons. The van der Waals surface area contributed by atoms with Crippen LogP contribution in [-0.2, 0) is 13.2 Å². The Hall–Kier alpha value is -4.83. The van der Waals surface area contributed by atoms with Gasteiger partial charge < -0.3 is 14.6 Å². The third-order valence-electron chi connectivity index (χ3n) is 6.43. The first-order chi connectivity index (χ1) is 18.7. The molecule has 0 spiro atoms. The Morgan fingerprint density at radius 1 is 0.553 bits per heavy atom. The highest BCUT2D eigenvalue weighted by Gasteiger charge is 2.22. The van der Waals surface area contributed by atoms with Crippen LogP contribution in [0.1, 0.15) is 44.1 Å². The molecule has 38 heavy (non-hydrogen) atoms. The van der Waals surface area contributed by atoms with Crippen molar-refractivity contribution in [2.45, 2.75) is 19.1 Å². The number of hydrogen-bond donors (Lipinski definition) is 1. The maximum atomic E-state index is 12.1.